The number of nitrogens with two attached hydrogens (primary N) is 1. The molecule has 0 amide bonds. The Balaban J connectivity index is 2.43. The quantitative estimate of drug-likeness (QED) is 0.876. The molecular formula is C17H27NO. The van der Waals surface area contributed by atoms with E-state index in [1.807, 2.05) is 25.1 Å². The monoisotopic (exact) mass is 261 g/mol. The van der Waals surface area contributed by atoms with Gasteiger partial charge in [-0.1, -0.05) is 44.0 Å². The van der Waals surface area contributed by atoms with Crippen molar-refractivity contribution in [2.24, 2.45) is 17.1 Å². The van der Waals surface area contributed by atoms with Gasteiger partial charge in [0.05, 0.1) is 5.60 Å². The molecule has 1 saturated carbocycles. The molecular weight excluding hydrogens is 234 g/mol. The van der Waals surface area contributed by atoms with Gasteiger partial charge in [0.15, 0.2) is 0 Å². The van der Waals surface area contributed by atoms with Crippen LogP contribution in [0.15, 0.2) is 24.3 Å². The summed E-state index contributed by atoms with van der Waals surface area (Å²) in [6.07, 6.45) is 4.46. The normalized spacial score (nSPS) is 30.9. The van der Waals surface area contributed by atoms with Crippen molar-refractivity contribution in [3.8, 4) is 0 Å². The minimum atomic E-state index is -0.845. The standard InChI is InChI=1S/C17H27NO/c1-13-7-6-10-17(11-13,12-18)16(3,19)15-9-5-4-8-14(15)2/h4-5,8-9,13,19H,6-7,10-12,18H2,1-3H3. The van der Waals surface area contributed by atoms with Crippen molar-refractivity contribution in [3.05, 3.63) is 35.4 Å². The first-order valence-electron chi connectivity index (χ1n) is 7.41. The fourth-order valence-corrected chi connectivity index (χ4v) is 3.89. The molecule has 19 heavy (non-hydrogen) atoms. The maximum Gasteiger partial charge on any atom is 0.0939 e. The topological polar surface area (TPSA) is 46.2 Å². The van der Waals surface area contributed by atoms with Gasteiger partial charge in [0, 0.05) is 12.0 Å². The van der Waals surface area contributed by atoms with Gasteiger partial charge in [0.1, 0.15) is 0 Å². The number of rotatable bonds is 3. The van der Waals surface area contributed by atoms with E-state index in [0.29, 0.717) is 12.5 Å². The maximum atomic E-state index is 11.3. The fourth-order valence-electron chi connectivity index (χ4n) is 3.89. The smallest absolute Gasteiger partial charge is 0.0939 e. The van der Waals surface area contributed by atoms with E-state index >= 15 is 0 Å². The van der Waals surface area contributed by atoms with Crippen LogP contribution >= 0.6 is 0 Å². The Hall–Kier alpha value is -0.860. The SMILES string of the molecule is Cc1ccccc1C(C)(O)C1(CN)CCCC(C)C1. The lowest BCUT2D eigenvalue weighted by Gasteiger charge is -2.49. The molecule has 3 unspecified atom stereocenters. The summed E-state index contributed by atoms with van der Waals surface area (Å²) >= 11 is 0. The average molecular weight is 261 g/mol. The third-order valence-corrected chi connectivity index (χ3v) is 5.18. The van der Waals surface area contributed by atoms with Crippen LogP contribution in [0.5, 0.6) is 0 Å². The molecule has 1 fully saturated rings. The number of aliphatic hydroxyl groups is 1. The zero-order chi connectivity index (χ0) is 14.1. The van der Waals surface area contributed by atoms with Crippen LogP contribution in [0, 0.1) is 18.3 Å². The molecule has 2 nitrogen and oxygen atoms in total. The van der Waals surface area contributed by atoms with E-state index in [-0.39, 0.29) is 5.41 Å². The van der Waals surface area contributed by atoms with Gasteiger partial charge in [-0.3, -0.25) is 0 Å². The van der Waals surface area contributed by atoms with Crippen LogP contribution in [-0.2, 0) is 5.60 Å². The van der Waals surface area contributed by atoms with Crippen molar-refractivity contribution in [3.63, 3.8) is 0 Å². The third-order valence-electron chi connectivity index (χ3n) is 5.18. The lowest BCUT2D eigenvalue weighted by atomic mass is 9.59. The Kier molecular flexibility index (Phi) is 4.03. The van der Waals surface area contributed by atoms with Crippen molar-refractivity contribution in [2.45, 2.75) is 52.1 Å². The van der Waals surface area contributed by atoms with Crippen LogP contribution in [-0.4, -0.2) is 11.7 Å². The lowest BCUT2D eigenvalue weighted by Crippen LogP contribution is -2.51. The van der Waals surface area contributed by atoms with Crippen LogP contribution in [0.25, 0.3) is 0 Å². The van der Waals surface area contributed by atoms with Gasteiger partial charge in [0.25, 0.3) is 0 Å². The molecule has 2 rings (SSSR count). The maximum absolute atomic E-state index is 11.3. The van der Waals surface area contributed by atoms with Crippen LogP contribution in [0.3, 0.4) is 0 Å². The van der Waals surface area contributed by atoms with E-state index in [4.69, 9.17) is 5.73 Å². The first kappa shape index (κ1) is 14.5. The average Bonchev–Trinajstić information content (AvgIpc) is 2.38. The third kappa shape index (κ3) is 2.44. The molecule has 3 N–H and O–H groups in total. The zero-order valence-electron chi connectivity index (χ0n) is 12.4. The molecule has 0 bridgehead atoms. The summed E-state index contributed by atoms with van der Waals surface area (Å²) in [5.74, 6) is 0.646. The molecule has 0 heterocycles. The molecule has 1 aromatic carbocycles. The van der Waals surface area contributed by atoms with Gasteiger partial charge in [-0.05, 0) is 43.7 Å². The second-order valence-corrected chi connectivity index (χ2v) is 6.57. The molecule has 0 aromatic heterocycles. The molecule has 106 valence electrons. The van der Waals surface area contributed by atoms with Crippen molar-refractivity contribution < 1.29 is 5.11 Å². The Morgan fingerprint density at radius 1 is 1.42 bits per heavy atom. The van der Waals surface area contributed by atoms with Crippen molar-refractivity contribution in [2.75, 3.05) is 6.54 Å². The molecule has 1 aliphatic carbocycles. The highest BCUT2D eigenvalue weighted by Crippen LogP contribution is 2.51. The van der Waals surface area contributed by atoms with E-state index in [1.54, 1.807) is 0 Å². The molecule has 0 radical (unpaired) electrons. The highest BCUT2D eigenvalue weighted by atomic mass is 16.3. The predicted octanol–water partition coefficient (Wildman–Crippen LogP) is 3.36. The van der Waals surface area contributed by atoms with E-state index < -0.39 is 5.60 Å². The molecule has 2 heteroatoms. The van der Waals surface area contributed by atoms with Crippen molar-refractivity contribution in [1.29, 1.82) is 0 Å². The first-order valence-corrected chi connectivity index (χ1v) is 7.41. The summed E-state index contributed by atoms with van der Waals surface area (Å²) in [6, 6.07) is 8.15. The van der Waals surface area contributed by atoms with Gasteiger partial charge in [-0.25, -0.2) is 0 Å². The molecule has 1 aromatic rings. The number of benzene rings is 1. The Morgan fingerprint density at radius 2 is 2.11 bits per heavy atom. The largest absolute Gasteiger partial charge is 0.385 e. The zero-order valence-corrected chi connectivity index (χ0v) is 12.4. The second kappa shape index (κ2) is 5.26. The van der Waals surface area contributed by atoms with Crippen molar-refractivity contribution in [1.82, 2.24) is 0 Å². The summed E-state index contributed by atoms with van der Waals surface area (Å²) in [6.45, 7) is 6.86. The van der Waals surface area contributed by atoms with Crippen molar-refractivity contribution >= 4 is 0 Å². The van der Waals surface area contributed by atoms with Crippen LogP contribution in [0.2, 0.25) is 0 Å². The fraction of sp³-hybridized carbons (Fsp3) is 0.647. The summed E-state index contributed by atoms with van der Waals surface area (Å²) in [7, 11) is 0. The van der Waals surface area contributed by atoms with Crippen LogP contribution in [0.1, 0.15) is 50.7 Å². The molecule has 3 atom stereocenters. The van der Waals surface area contributed by atoms with Crippen LogP contribution in [0.4, 0.5) is 0 Å². The van der Waals surface area contributed by atoms with Gasteiger partial charge in [-0.2, -0.15) is 0 Å². The molecule has 1 aliphatic rings. The molecule has 0 saturated heterocycles. The van der Waals surface area contributed by atoms with E-state index in [2.05, 4.69) is 19.9 Å². The molecule has 0 spiro atoms. The lowest BCUT2D eigenvalue weighted by molar-refractivity contribution is -0.101. The highest BCUT2D eigenvalue weighted by Gasteiger charge is 2.49. The summed E-state index contributed by atoms with van der Waals surface area (Å²) in [5, 5.41) is 11.3. The Bertz CT molecular complexity index is 441. The second-order valence-electron chi connectivity index (χ2n) is 6.57. The molecule has 0 aliphatic heterocycles. The van der Waals surface area contributed by atoms with E-state index in [0.717, 1.165) is 24.0 Å². The summed E-state index contributed by atoms with van der Waals surface area (Å²) < 4.78 is 0. The van der Waals surface area contributed by atoms with E-state index in [9.17, 15) is 5.11 Å². The van der Waals surface area contributed by atoms with Gasteiger partial charge < -0.3 is 10.8 Å². The summed E-state index contributed by atoms with van der Waals surface area (Å²) in [5.41, 5.74) is 7.27. The van der Waals surface area contributed by atoms with Gasteiger partial charge >= 0.3 is 0 Å². The van der Waals surface area contributed by atoms with Gasteiger partial charge in [0.2, 0.25) is 0 Å². The first-order chi connectivity index (χ1) is 8.93. The minimum Gasteiger partial charge on any atom is -0.385 e. The van der Waals surface area contributed by atoms with Gasteiger partial charge in [-0.15, -0.1) is 0 Å². The number of hydrogen-bond acceptors (Lipinski definition) is 2. The Morgan fingerprint density at radius 3 is 2.68 bits per heavy atom. The van der Waals surface area contributed by atoms with Crippen LogP contribution < -0.4 is 5.73 Å². The van der Waals surface area contributed by atoms with E-state index in [1.165, 1.54) is 12.8 Å². The minimum absolute atomic E-state index is 0.184. The highest BCUT2D eigenvalue weighted by molar-refractivity contribution is 5.33. The number of aryl methyl sites for hydroxylation is 1. The summed E-state index contributed by atoms with van der Waals surface area (Å²) in [4.78, 5) is 0. The number of hydrogen-bond donors (Lipinski definition) is 2. The Labute approximate surface area is 117 Å². The predicted molar refractivity (Wildman–Crippen MR) is 79.9 cm³/mol.